The van der Waals surface area contributed by atoms with Crippen molar-refractivity contribution in [3.05, 3.63) is 0 Å². The molecular formula is C15H25FO3S. The molecule has 1 unspecified atom stereocenters. The van der Waals surface area contributed by atoms with Crippen molar-refractivity contribution in [3.63, 3.8) is 0 Å². The molecule has 4 bridgehead atoms. The van der Waals surface area contributed by atoms with Crippen molar-refractivity contribution >= 4 is 9.84 Å². The molecule has 0 amide bonds. The van der Waals surface area contributed by atoms with Crippen LogP contribution in [0, 0.1) is 17.8 Å². The predicted molar refractivity (Wildman–Crippen MR) is 75.8 cm³/mol. The number of ether oxygens (including phenoxy) is 1. The molecule has 0 aromatic heterocycles. The summed E-state index contributed by atoms with van der Waals surface area (Å²) < 4.78 is 45.0. The fourth-order valence-electron chi connectivity index (χ4n) is 5.23. The smallest absolute Gasteiger partial charge is 0.210 e. The van der Waals surface area contributed by atoms with Crippen LogP contribution in [0.4, 0.5) is 4.39 Å². The minimum Gasteiger partial charge on any atom is -0.385 e. The average molecular weight is 304 g/mol. The van der Waals surface area contributed by atoms with E-state index < -0.39 is 19.6 Å². The van der Waals surface area contributed by atoms with E-state index >= 15 is 0 Å². The quantitative estimate of drug-likeness (QED) is 0.784. The Balaban J connectivity index is 1.91. The summed E-state index contributed by atoms with van der Waals surface area (Å²) in [6.45, 7) is 1.39. The third-order valence-electron chi connectivity index (χ3n) is 5.87. The van der Waals surface area contributed by atoms with Crippen molar-refractivity contribution in [2.45, 2.75) is 61.6 Å². The van der Waals surface area contributed by atoms with Gasteiger partial charge in [0.05, 0.1) is 11.4 Å². The summed E-state index contributed by atoms with van der Waals surface area (Å²) in [4.78, 5) is 0. The van der Waals surface area contributed by atoms with Gasteiger partial charge in [0.1, 0.15) is 0 Å². The Morgan fingerprint density at radius 3 is 2.00 bits per heavy atom. The molecule has 0 spiro atoms. The van der Waals surface area contributed by atoms with Crippen LogP contribution in [0.2, 0.25) is 0 Å². The van der Waals surface area contributed by atoms with E-state index in [2.05, 4.69) is 0 Å². The van der Waals surface area contributed by atoms with Crippen molar-refractivity contribution in [3.8, 4) is 0 Å². The first-order chi connectivity index (χ1) is 9.30. The first-order valence-electron chi connectivity index (χ1n) is 7.72. The highest BCUT2D eigenvalue weighted by molar-refractivity contribution is 7.94. The Kier molecular flexibility index (Phi) is 3.45. The van der Waals surface area contributed by atoms with Crippen LogP contribution in [-0.4, -0.2) is 31.9 Å². The zero-order chi connectivity index (χ0) is 14.6. The highest BCUT2D eigenvalue weighted by atomic mass is 32.2. The van der Waals surface area contributed by atoms with Gasteiger partial charge in [-0.25, -0.2) is 12.8 Å². The Bertz CT molecular complexity index is 448. The molecule has 116 valence electrons. The Labute approximate surface area is 121 Å². The van der Waals surface area contributed by atoms with Crippen LogP contribution in [0.5, 0.6) is 0 Å². The summed E-state index contributed by atoms with van der Waals surface area (Å²) in [5.74, 6) is 1.53. The van der Waals surface area contributed by atoms with Crippen LogP contribution < -0.4 is 0 Å². The fraction of sp³-hybridized carbons (Fsp3) is 1.00. The number of sulfone groups is 1. The van der Waals surface area contributed by atoms with Crippen LogP contribution in [0.3, 0.4) is 0 Å². The van der Waals surface area contributed by atoms with E-state index in [-0.39, 0.29) is 13.0 Å². The maximum atomic E-state index is 14.9. The monoisotopic (exact) mass is 304 g/mol. The standard InChI is InChI=1S/C15H25FO3S/c1-14(16,3-4-19-2)20(17,18)15-8-11-5-12(9-15)7-13(6-11)10-15/h11-13H,3-10H2,1-2H3. The van der Waals surface area contributed by atoms with E-state index in [1.807, 2.05) is 0 Å². The van der Waals surface area contributed by atoms with Gasteiger partial charge in [0.25, 0.3) is 0 Å². The minimum atomic E-state index is -3.78. The molecule has 20 heavy (non-hydrogen) atoms. The maximum absolute atomic E-state index is 14.9. The van der Waals surface area contributed by atoms with Crippen LogP contribution in [-0.2, 0) is 14.6 Å². The van der Waals surface area contributed by atoms with E-state index in [4.69, 9.17) is 4.74 Å². The SMILES string of the molecule is COCCC(C)(F)S(=O)(=O)C12CC3CC(CC(C3)C1)C2. The maximum Gasteiger partial charge on any atom is 0.210 e. The fourth-order valence-corrected chi connectivity index (χ4v) is 7.85. The Hall–Kier alpha value is -0.160. The summed E-state index contributed by atoms with van der Waals surface area (Å²) >= 11 is 0. The number of alkyl halides is 1. The molecule has 0 aromatic rings. The largest absolute Gasteiger partial charge is 0.385 e. The van der Waals surface area contributed by atoms with Crippen LogP contribution >= 0.6 is 0 Å². The van der Waals surface area contributed by atoms with Gasteiger partial charge in [0, 0.05) is 13.5 Å². The average Bonchev–Trinajstić information content (AvgIpc) is 2.34. The molecule has 0 saturated heterocycles. The predicted octanol–water partition coefficient (Wildman–Crippen LogP) is 3.09. The van der Waals surface area contributed by atoms with Gasteiger partial charge in [0.2, 0.25) is 5.00 Å². The molecule has 5 heteroatoms. The van der Waals surface area contributed by atoms with Gasteiger partial charge in [-0.1, -0.05) is 0 Å². The second kappa shape index (κ2) is 4.67. The summed E-state index contributed by atoms with van der Waals surface area (Å²) in [7, 11) is -2.30. The van der Waals surface area contributed by atoms with Gasteiger partial charge >= 0.3 is 0 Å². The van der Waals surface area contributed by atoms with Crippen molar-refractivity contribution in [2.75, 3.05) is 13.7 Å². The van der Waals surface area contributed by atoms with Gasteiger partial charge in [-0.05, 0) is 63.2 Å². The number of hydrogen-bond acceptors (Lipinski definition) is 3. The first-order valence-corrected chi connectivity index (χ1v) is 9.20. The van der Waals surface area contributed by atoms with Gasteiger partial charge in [-0.3, -0.25) is 0 Å². The normalized spacial score (nSPS) is 42.6. The lowest BCUT2D eigenvalue weighted by Crippen LogP contribution is -2.59. The zero-order valence-electron chi connectivity index (χ0n) is 12.4. The summed E-state index contributed by atoms with van der Waals surface area (Å²) in [5.41, 5.74) is 0. The second-order valence-electron chi connectivity index (χ2n) is 7.45. The molecule has 0 aliphatic heterocycles. The molecule has 0 radical (unpaired) electrons. The third-order valence-corrected chi connectivity index (χ3v) is 8.83. The third kappa shape index (κ3) is 2.04. The number of rotatable bonds is 5. The van der Waals surface area contributed by atoms with E-state index in [0.29, 0.717) is 37.0 Å². The van der Waals surface area contributed by atoms with Gasteiger partial charge in [-0.2, -0.15) is 0 Å². The lowest BCUT2D eigenvalue weighted by molar-refractivity contribution is 0.0303. The summed E-state index contributed by atoms with van der Waals surface area (Å²) in [6.07, 6.45) is 5.49. The van der Waals surface area contributed by atoms with E-state index in [1.54, 1.807) is 0 Å². The molecule has 4 saturated carbocycles. The van der Waals surface area contributed by atoms with Crippen molar-refractivity contribution < 1.29 is 17.5 Å². The van der Waals surface area contributed by atoms with Crippen LogP contribution in [0.25, 0.3) is 0 Å². The molecule has 3 nitrogen and oxygen atoms in total. The van der Waals surface area contributed by atoms with Crippen LogP contribution in [0.15, 0.2) is 0 Å². The molecular weight excluding hydrogens is 279 g/mol. The number of halogens is 1. The highest BCUT2D eigenvalue weighted by Crippen LogP contribution is 2.60. The zero-order valence-corrected chi connectivity index (χ0v) is 13.2. The van der Waals surface area contributed by atoms with Gasteiger partial charge in [0.15, 0.2) is 9.84 Å². The topological polar surface area (TPSA) is 43.4 Å². The molecule has 4 aliphatic rings. The first kappa shape index (κ1) is 14.8. The van der Waals surface area contributed by atoms with Crippen molar-refractivity contribution in [1.29, 1.82) is 0 Å². The van der Waals surface area contributed by atoms with Crippen LogP contribution in [0.1, 0.15) is 51.9 Å². The van der Waals surface area contributed by atoms with Gasteiger partial charge in [-0.15, -0.1) is 0 Å². The molecule has 4 rings (SSSR count). The van der Waals surface area contributed by atoms with E-state index in [9.17, 15) is 12.8 Å². The molecule has 4 aliphatic carbocycles. The van der Waals surface area contributed by atoms with E-state index in [1.165, 1.54) is 14.0 Å². The molecule has 1 atom stereocenters. The highest BCUT2D eigenvalue weighted by Gasteiger charge is 2.62. The Morgan fingerprint density at radius 2 is 1.60 bits per heavy atom. The number of hydrogen-bond donors (Lipinski definition) is 0. The number of methoxy groups -OCH3 is 1. The minimum absolute atomic E-state index is 0.0619. The lowest BCUT2D eigenvalue weighted by atomic mass is 9.56. The Morgan fingerprint density at radius 1 is 1.15 bits per heavy atom. The van der Waals surface area contributed by atoms with E-state index in [0.717, 1.165) is 19.3 Å². The molecule has 0 aromatic carbocycles. The van der Waals surface area contributed by atoms with Crippen molar-refractivity contribution in [1.82, 2.24) is 0 Å². The van der Waals surface area contributed by atoms with Crippen molar-refractivity contribution in [2.24, 2.45) is 17.8 Å². The summed E-state index contributed by atoms with van der Waals surface area (Å²) in [5, 5.41) is -2.16. The lowest BCUT2D eigenvalue weighted by Gasteiger charge is -2.56. The second-order valence-corrected chi connectivity index (χ2v) is 10.2. The van der Waals surface area contributed by atoms with Gasteiger partial charge < -0.3 is 4.74 Å². The molecule has 0 N–H and O–H groups in total. The molecule has 0 heterocycles. The summed E-state index contributed by atoms with van der Waals surface area (Å²) in [6, 6.07) is 0. The molecule has 4 fully saturated rings.